The van der Waals surface area contributed by atoms with Gasteiger partial charge in [-0.1, -0.05) is 32.0 Å². The molecule has 1 aromatic rings. The van der Waals surface area contributed by atoms with Crippen molar-refractivity contribution in [3.05, 3.63) is 29.8 Å². The summed E-state index contributed by atoms with van der Waals surface area (Å²) < 4.78 is 0. The van der Waals surface area contributed by atoms with E-state index in [0.29, 0.717) is 0 Å². The number of rotatable bonds is 2. The Balaban J connectivity index is 2.28. The molecule has 2 rings (SSSR count). The zero-order valence-electron chi connectivity index (χ0n) is 10.1. The fourth-order valence-electron chi connectivity index (χ4n) is 2.20. The summed E-state index contributed by atoms with van der Waals surface area (Å²) >= 11 is 0. The van der Waals surface area contributed by atoms with Crippen LogP contribution in [0.15, 0.2) is 24.3 Å². The van der Waals surface area contributed by atoms with Crippen molar-refractivity contribution in [1.82, 2.24) is 0 Å². The first-order chi connectivity index (χ1) is 7.74. The van der Waals surface area contributed by atoms with Crippen LogP contribution in [0, 0.1) is 5.92 Å². The molecule has 1 aromatic carbocycles. The SMILES string of the molecule is CC[C@H](C)C(=O)N1CCCc2ccccc21. The van der Waals surface area contributed by atoms with E-state index < -0.39 is 0 Å². The number of anilines is 1. The highest BCUT2D eigenvalue weighted by Crippen LogP contribution is 2.28. The molecule has 1 aliphatic rings. The molecular weight excluding hydrogens is 198 g/mol. The smallest absolute Gasteiger partial charge is 0.229 e. The van der Waals surface area contributed by atoms with Gasteiger partial charge >= 0.3 is 0 Å². The van der Waals surface area contributed by atoms with E-state index in [9.17, 15) is 4.79 Å². The molecule has 0 bridgehead atoms. The van der Waals surface area contributed by atoms with E-state index in [0.717, 1.165) is 31.5 Å². The number of para-hydroxylation sites is 1. The van der Waals surface area contributed by atoms with Gasteiger partial charge in [-0.2, -0.15) is 0 Å². The number of fused-ring (bicyclic) bond motifs is 1. The van der Waals surface area contributed by atoms with Gasteiger partial charge in [0.15, 0.2) is 0 Å². The van der Waals surface area contributed by atoms with E-state index in [4.69, 9.17) is 0 Å². The van der Waals surface area contributed by atoms with Crippen LogP contribution in [0.4, 0.5) is 5.69 Å². The van der Waals surface area contributed by atoms with Crippen LogP contribution in [0.2, 0.25) is 0 Å². The number of carbonyl (C=O) groups is 1. The number of hydrogen-bond acceptors (Lipinski definition) is 1. The van der Waals surface area contributed by atoms with Crippen molar-refractivity contribution in [2.24, 2.45) is 5.92 Å². The predicted molar refractivity (Wildman–Crippen MR) is 66.6 cm³/mol. The normalized spacial score (nSPS) is 16.8. The topological polar surface area (TPSA) is 20.3 Å². The lowest BCUT2D eigenvalue weighted by Crippen LogP contribution is -2.38. The first-order valence-corrected chi connectivity index (χ1v) is 6.13. The molecule has 1 heterocycles. The Morgan fingerprint density at radius 2 is 2.19 bits per heavy atom. The second-order valence-corrected chi connectivity index (χ2v) is 4.53. The summed E-state index contributed by atoms with van der Waals surface area (Å²) in [5.74, 6) is 0.404. The van der Waals surface area contributed by atoms with Gasteiger partial charge in [0.25, 0.3) is 0 Å². The van der Waals surface area contributed by atoms with Crippen molar-refractivity contribution in [1.29, 1.82) is 0 Å². The molecule has 0 N–H and O–H groups in total. The molecule has 2 nitrogen and oxygen atoms in total. The minimum Gasteiger partial charge on any atom is -0.312 e. The zero-order chi connectivity index (χ0) is 11.5. The molecule has 86 valence electrons. The van der Waals surface area contributed by atoms with Gasteiger partial charge in [-0.15, -0.1) is 0 Å². The quantitative estimate of drug-likeness (QED) is 0.745. The Hall–Kier alpha value is -1.31. The van der Waals surface area contributed by atoms with Crippen LogP contribution in [0.25, 0.3) is 0 Å². The van der Waals surface area contributed by atoms with Gasteiger partial charge in [0.05, 0.1) is 0 Å². The molecule has 0 fully saturated rings. The van der Waals surface area contributed by atoms with E-state index >= 15 is 0 Å². The minimum absolute atomic E-state index is 0.131. The number of amides is 1. The number of hydrogen-bond donors (Lipinski definition) is 0. The predicted octanol–water partition coefficient (Wildman–Crippen LogP) is 3.01. The second-order valence-electron chi connectivity index (χ2n) is 4.53. The molecule has 0 saturated carbocycles. The Morgan fingerprint density at radius 1 is 1.44 bits per heavy atom. The number of nitrogens with zero attached hydrogens (tertiary/aromatic N) is 1. The maximum atomic E-state index is 12.2. The van der Waals surface area contributed by atoms with Crippen molar-refractivity contribution in [3.63, 3.8) is 0 Å². The largest absolute Gasteiger partial charge is 0.312 e. The van der Waals surface area contributed by atoms with Crippen LogP contribution in [0.5, 0.6) is 0 Å². The van der Waals surface area contributed by atoms with E-state index in [1.165, 1.54) is 5.56 Å². The number of carbonyl (C=O) groups excluding carboxylic acids is 1. The molecule has 0 aliphatic carbocycles. The number of benzene rings is 1. The lowest BCUT2D eigenvalue weighted by atomic mass is 9.99. The van der Waals surface area contributed by atoms with Crippen LogP contribution < -0.4 is 4.90 Å². The summed E-state index contributed by atoms with van der Waals surface area (Å²) in [5, 5.41) is 0. The molecule has 0 spiro atoms. The molecule has 1 atom stereocenters. The molecule has 0 saturated heterocycles. The van der Waals surface area contributed by atoms with Gasteiger partial charge in [-0.25, -0.2) is 0 Å². The third-order valence-corrected chi connectivity index (χ3v) is 3.41. The van der Waals surface area contributed by atoms with E-state index in [1.807, 2.05) is 17.9 Å². The zero-order valence-corrected chi connectivity index (χ0v) is 10.1. The average molecular weight is 217 g/mol. The van der Waals surface area contributed by atoms with Crippen LogP contribution >= 0.6 is 0 Å². The van der Waals surface area contributed by atoms with Crippen molar-refractivity contribution < 1.29 is 4.79 Å². The fraction of sp³-hybridized carbons (Fsp3) is 0.500. The highest BCUT2D eigenvalue weighted by atomic mass is 16.2. The molecule has 2 heteroatoms. The molecular formula is C14H19NO. The summed E-state index contributed by atoms with van der Waals surface area (Å²) in [7, 11) is 0. The van der Waals surface area contributed by atoms with Gasteiger partial charge in [-0.05, 0) is 30.9 Å². The van der Waals surface area contributed by atoms with Crippen molar-refractivity contribution in [3.8, 4) is 0 Å². The monoisotopic (exact) mass is 217 g/mol. The maximum Gasteiger partial charge on any atom is 0.229 e. The Morgan fingerprint density at radius 3 is 2.94 bits per heavy atom. The Kier molecular flexibility index (Phi) is 3.28. The minimum atomic E-state index is 0.131. The third kappa shape index (κ3) is 1.97. The van der Waals surface area contributed by atoms with Crippen LogP contribution in [-0.4, -0.2) is 12.5 Å². The van der Waals surface area contributed by atoms with Crippen molar-refractivity contribution >= 4 is 11.6 Å². The molecule has 1 amide bonds. The van der Waals surface area contributed by atoms with Gasteiger partial charge in [0.1, 0.15) is 0 Å². The second kappa shape index (κ2) is 4.69. The van der Waals surface area contributed by atoms with Gasteiger partial charge in [0.2, 0.25) is 5.91 Å². The van der Waals surface area contributed by atoms with Gasteiger partial charge < -0.3 is 4.90 Å². The average Bonchev–Trinajstić information content (AvgIpc) is 2.36. The van der Waals surface area contributed by atoms with E-state index in [-0.39, 0.29) is 11.8 Å². The van der Waals surface area contributed by atoms with Gasteiger partial charge in [0, 0.05) is 18.2 Å². The molecule has 0 radical (unpaired) electrons. The fourth-order valence-corrected chi connectivity index (χ4v) is 2.20. The highest BCUT2D eigenvalue weighted by Gasteiger charge is 2.24. The summed E-state index contributed by atoms with van der Waals surface area (Å²) in [6.45, 7) is 4.96. The standard InChI is InChI=1S/C14H19NO/c1-3-11(2)14(16)15-10-6-8-12-7-4-5-9-13(12)15/h4-5,7,9,11H,3,6,8,10H2,1-2H3/t11-/m0/s1. The summed E-state index contributed by atoms with van der Waals surface area (Å²) in [5.41, 5.74) is 2.43. The first-order valence-electron chi connectivity index (χ1n) is 6.13. The van der Waals surface area contributed by atoms with E-state index in [1.54, 1.807) is 0 Å². The third-order valence-electron chi connectivity index (χ3n) is 3.41. The summed E-state index contributed by atoms with van der Waals surface area (Å²) in [4.78, 5) is 14.2. The van der Waals surface area contributed by atoms with Crippen LogP contribution in [0.3, 0.4) is 0 Å². The first kappa shape index (κ1) is 11.2. The number of aryl methyl sites for hydroxylation is 1. The Bertz CT molecular complexity index is 386. The van der Waals surface area contributed by atoms with E-state index in [2.05, 4.69) is 25.1 Å². The highest BCUT2D eigenvalue weighted by molar-refractivity contribution is 5.95. The molecule has 1 aliphatic heterocycles. The van der Waals surface area contributed by atoms with Gasteiger partial charge in [-0.3, -0.25) is 4.79 Å². The maximum absolute atomic E-state index is 12.2. The molecule has 0 unspecified atom stereocenters. The lowest BCUT2D eigenvalue weighted by Gasteiger charge is -2.31. The van der Waals surface area contributed by atoms with Crippen molar-refractivity contribution in [2.45, 2.75) is 33.1 Å². The lowest BCUT2D eigenvalue weighted by molar-refractivity contribution is -0.122. The van der Waals surface area contributed by atoms with Crippen LogP contribution in [-0.2, 0) is 11.2 Å². The molecule has 0 aromatic heterocycles. The summed E-state index contributed by atoms with van der Waals surface area (Å²) in [6, 6.07) is 8.26. The van der Waals surface area contributed by atoms with Crippen molar-refractivity contribution in [2.75, 3.05) is 11.4 Å². The van der Waals surface area contributed by atoms with Crippen LogP contribution in [0.1, 0.15) is 32.3 Å². The summed E-state index contributed by atoms with van der Waals surface area (Å²) in [6.07, 6.45) is 3.09. The Labute approximate surface area is 97.3 Å². The molecule has 16 heavy (non-hydrogen) atoms.